The van der Waals surface area contributed by atoms with Crippen LogP contribution >= 0.6 is 0 Å². The van der Waals surface area contributed by atoms with Gasteiger partial charge >= 0.3 is 0 Å². The molecule has 0 unspecified atom stereocenters. The van der Waals surface area contributed by atoms with Crippen molar-refractivity contribution >= 4 is 17.1 Å². The molecule has 2 aromatic carbocycles. The summed E-state index contributed by atoms with van der Waals surface area (Å²) in [6.07, 6.45) is 1.31. The Balaban J connectivity index is 1.70. The van der Waals surface area contributed by atoms with Gasteiger partial charge in [0.05, 0.1) is 18.5 Å². The van der Waals surface area contributed by atoms with Crippen LogP contribution in [0.1, 0.15) is 12.5 Å². The number of fused-ring (bicyclic) bond motifs is 1. The minimum atomic E-state index is -1.01. The molecule has 0 saturated carbocycles. The molecule has 0 bridgehead atoms. The zero-order chi connectivity index (χ0) is 21.1. The minimum absolute atomic E-state index is 0.0228. The Bertz CT molecular complexity index is 1200. The van der Waals surface area contributed by atoms with Gasteiger partial charge in [0, 0.05) is 12.1 Å². The molecule has 9 heteroatoms. The second-order valence-electron chi connectivity index (χ2n) is 6.29. The number of ether oxygens (including phenoxy) is 1. The highest BCUT2D eigenvalue weighted by molar-refractivity contribution is 5.79. The Morgan fingerprint density at radius 2 is 1.77 bits per heavy atom. The number of hydrogen-bond acceptors (Lipinski definition) is 6. The standard InChI is InChI=1S/C21H16F3N5O/c1-2-30-20-18-19(25-11-16(27-18)14-4-3-5-15(23)17(14)24)28-21(29-20)26-10-12-6-8-13(22)9-7-12/h3-9,11H,2,10H2,1H3,(H,25,26,28,29). The number of anilines is 1. The molecule has 0 aliphatic carbocycles. The lowest BCUT2D eigenvalue weighted by molar-refractivity contribution is 0.330. The van der Waals surface area contributed by atoms with Crippen LogP contribution in [0.2, 0.25) is 0 Å². The number of aromatic nitrogens is 4. The Kier molecular flexibility index (Phi) is 5.42. The van der Waals surface area contributed by atoms with E-state index in [9.17, 15) is 13.2 Å². The van der Waals surface area contributed by atoms with Crippen LogP contribution in [-0.4, -0.2) is 26.5 Å². The molecule has 0 amide bonds. The highest BCUT2D eigenvalue weighted by Crippen LogP contribution is 2.27. The number of halogens is 3. The molecular formula is C21H16F3N5O. The highest BCUT2D eigenvalue weighted by atomic mass is 19.2. The van der Waals surface area contributed by atoms with E-state index in [2.05, 4.69) is 25.3 Å². The zero-order valence-corrected chi connectivity index (χ0v) is 15.9. The Morgan fingerprint density at radius 1 is 0.967 bits per heavy atom. The fourth-order valence-electron chi connectivity index (χ4n) is 2.81. The van der Waals surface area contributed by atoms with Crippen LogP contribution in [0.4, 0.5) is 19.1 Å². The van der Waals surface area contributed by atoms with E-state index in [0.717, 1.165) is 11.6 Å². The number of benzene rings is 2. The maximum absolute atomic E-state index is 14.1. The van der Waals surface area contributed by atoms with Crippen LogP contribution in [0.3, 0.4) is 0 Å². The van der Waals surface area contributed by atoms with E-state index in [4.69, 9.17) is 4.74 Å². The molecule has 0 radical (unpaired) electrons. The molecule has 0 spiro atoms. The van der Waals surface area contributed by atoms with Crippen LogP contribution in [0, 0.1) is 17.5 Å². The maximum atomic E-state index is 14.1. The number of rotatable bonds is 6. The van der Waals surface area contributed by atoms with Crippen LogP contribution in [-0.2, 0) is 6.54 Å². The molecule has 0 atom stereocenters. The molecule has 30 heavy (non-hydrogen) atoms. The largest absolute Gasteiger partial charge is 0.476 e. The van der Waals surface area contributed by atoms with E-state index in [1.807, 2.05) is 0 Å². The van der Waals surface area contributed by atoms with Gasteiger partial charge in [0.2, 0.25) is 11.8 Å². The summed E-state index contributed by atoms with van der Waals surface area (Å²) >= 11 is 0. The molecular weight excluding hydrogens is 395 g/mol. The molecule has 2 aromatic heterocycles. The maximum Gasteiger partial charge on any atom is 0.247 e. The summed E-state index contributed by atoms with van der Waals surface area (Å²) < 4.78 is 46.3. The lowest BCUT2D eigenvalue weighted by Gasteiger charge is -2.11. The van der Waals surface area contributed by atoms with Gasteiger partial charge in [-0.2, -0.15) is 9.97 Å². The number of hydrogen-bond donors (Lipinski definition) is 1. The van der Waals surface area contributed by atoms with Crippen LogP contribution in [0.5, 0.6) is 5.88 Å². The number of nitrogens with zero attached hydrogens (tertiary/aromatic N) is 4. The van der Waals surface area contributed by atoms with Gasteiger partial charge in [0.1, 0.15) is 5.82 Å². The van der Waals surface area contributed by atoms with Gasteiger partial charge in [-0.3, -0.25) is 0 Å². The highest BCUT2D eigenvalue weighted by Gasteiger charge is 2.16. The Morgan fingerprint density at radius 3 is 2.53 bits per heavy atom. The molecule has 1 N–H and O–H groups in total. The third-order valence-corrected chi connectivity index (χ3v) is 4.25. The van der Waals surface area contributed by atoms with Gasteiger partial charge in [0.25, 0.3) is 0 Å². The Labute approximate surface area is 169 Å². The van der Waals surface area contributed by atoms with Crippen molar-refractivity contribution in [1.29, 1.82) is 0 Å². The van der Waals surface area contributed by atoms with Crippen molar-refractivity contribution in [3.63, 3.8) is 0 Å². The molecule has 2 heterocycles. The molecule has 0 aliphatic heterocycles. The molecule has 4 aromatic rings. The third-order valence-electron chi connectivity index (χ3n) is 4.25. The molecule has 152 valence electrons. The smallest absolute Gasteiger partial charge is 0.247 e. The van der Waals surface area contributed by atoms with E-state index in [-0.39, 0.29) is 40.1 Å². The van der Waals surface area contributed by atoms with Crippen molar-refractivity contribution < 1.29 is 17.9 Å². The molecule has 6 nitrogen and oxygen atoms in total. The van der Waals surface area contributed by atoms with Crippen molar-refractivity contribution in [1.82, 2.24) is 19.9 Å². The first-order valence-corrected chi connectivity index (χ1v) is 9.15. The van der Waals surface area contributed by atoms with Crippen molar-refractivity contribution in [2.45, 2.75) is 13.5 Å². The predicted molar refractivity (Wildman–Crippen MR) is 105 cm³/mol. The summed E-state index contributed by atoms with van der Waals surface area (Å²) in [6.45, 7) is 2.45. The summed E-state index contributed by atoms with van der Waals surface area (Å²) in [5, 5.41) is 3.03. The predicted octanol–water partition coefficient (Wildman–Crippen LogP) is 4.51. The van der Waals surface area contributed by atoms with Gasteiger partial charge in [0.15, 0.2) is 22.8 Å². The lowest BCUT2D eigenvalue weighted by Crippen LogP contribution is -2.07. The average molecular weight is 411 g/mol. The van der Waals surface area contributed by atoms with Crippen LogP contribution in [0.15, 0.2) is 48.7 Å². The van der Waals surface area contributed by atoms with E-state index in [1.165, 1.54) is 30.5 Å². The van der Waals surface area contributed by atoms with Crippen molar-refractivity contribution in [3.05, 3.63) is 71.7 Å². The lowest BCUT2D eigenvalue weighted by atomic mass is 10.1. The summed E-state index contributed by atoms with van der Waals surface area (Å²) in [7, 11) is 0. The van der Waals surface area contributed by atoms with Crippen molar-refractivity contribution in [2.75, 3.05) is 11.9 Å². The van der Waals surface area contributed by atoms with Gasteiger partial charge < -0.3 is 10.1 Å². The topological polar surface area (TPSA) is 72.8 Å². The molecule has 0 saturated heterocycles. The van der Waals surface area contributed by atoms with Crippen LogP contribution in [0.25, 0.3) is 22.4 Å². The Hall–Kier alpha value is -3.75. The monoisotopic (exact) mass is 411 g/mol. The normalized spacial score (nSPS) is 10.9. The van der Waals surface area contributed by atoms with E-state index < -0.39 is 11.6 Å². The first-order chi connectivity index (χ1) is 14.5. The average Bonchev–Trinajstić information content (AvgIpc) is 2.75. The second-order valence-corrected chi connectivity index (χ2v) is 6.29. The third kappa shape index (κ3) is 4.00. The van der Waals surface area contributed by atoms with E-state index >= 15 is 0 Å². The van der Waals surface area contributed by atoms with Crippen molar-refractivity contribution in [2.24, 2.45) is 0 Å². The second kappa shape index (κ2) is 8.32. The van der Waals surface area contributed by atoms with Gasteiger partial charge in [-0.05, 0) is 36.8 Å². The van der Waals surface area contributed by atoms with Crippen LogP contribution < -0.4 is 10.1 Å². The van der Waals surface area contributed by atoms with Gasteiger partial charge in [-0.1, -0.05) is 18.2 Å². The molecule has 0 aliphatic rings. The summed E-state index contributed by atoms with van der Waals surface area (Å²) in [5.74, 6) is -1.90. The van der Waals surface area contributed by atoms with Gasteiger partial charge in [-0.25, -0.2) is 23.1 Å². The van der Waals surface area contributed by atoms with E-state index in [1.54, 1.807) is 19.1 Å². The first kappa shape index (κ1) is 19.6. The van der Waals surface area contributed by atoms with Crippen molar-refractivity contribution in [3.8, 4) is 17.1 Å². The molecule has 0 fully saturated rings. The summed E-state index contributed by atoms with van der Waals surface area (Å²) in [4.78, 5) is 17.2. The fraction of sp³-hybridized carbons (Fsp3) is 0.143. The summed E-state index contributed by atoms with van der Waals surface area (Å²) in [6, 6.07) is 9.85. The number of nitrogens with one attached hydrogen (secondary N) is 1. The molecule has 4 rings (SSSR count). The van der Waals surface area contributed by atoms with Gasteiger partial charge in [-0.15, -0.1) is 0 Å². The SMILES string of the molecule is CCOc1nc(NCc2ccc(F)cc2)nc2ncc(-c3cccc(F)c3F)nc12. The quantitative estimate of drug-likeness (QED) is 0.503. The van der Waals surface area contributed by atoms with E-state index in [0.29, 0.717) is 13.2 Å². The fourth-order valence-corrected chi connectivity index (χ4v) is 2.81. The minimum Gasteiger partial charge on any atom is -0.476 e. The first-order valence-electron chi connectivity index (χ1n) is 9.15. The summed E-state index contributed by atoms with van der Waals surface area (Å²) in [5.41, 5.74) is 1.41. The zero-order valence-electron chi connectivity index (χ0n) is 15.9.